The van der Waals surface area contributed by atoms with Crippen LogP contribution in [0.4, 0.5) is 0 Å². The fourth-order valence-electron chi connectivity index (χ4n) is 1.23. The van der Waals surface area contributed by atoms with Crippen LogP contribution in [0.2, 0.25) is 10.0 Å². The van der Waals surface area contributed by atoms with Gasteiger partial charge < -0.3 is 4.98 Å². The van der Waals surface area contributed by atoms with E-state index in [0.717, 1.165) is 0 Å². The molecule has 0 aliphatic carbocycles. The van der Waals surface area contributed by atoms with Crippen LogP contribution in [0.3, 0.4) is 0 Å². The Hall–Kier alpha value is -0.840. The summed E-state index contributed by atoms with van der Waals surface area (Å²) in [5.74, 6) is 0.351. The summed E-state index contributed by atoms with van der Waals surface area (Å²) < 4.78 is 0.361. The molecule has 16 heavy (non-hydrogen) atoms. The monoisotopic (exact) mass is 318 g/mol. The van der Waals surface area contributed by atoms with Crippen LogP contribution in [0.5, 0.6) is 0 Å². The third kappa shape index (κ3) is 2.14. The molecule has 0 amide bonds. The lowest BCUT2D eigenvalue weighted by atomic mass is 10.2. The van der Waals surface area contributed by atoms with Crippen molar-refractivity contribution in [2.24, 2.45) is 0 Å². The van der Waals surface area contributed by atoms with E-state index in [4.69, 9.17) is 23.2 Å². The van der Waals surface area contributed by atoms with Gasteiger partial charge in [-0.2, -0.15) is 0 Å². The average molecular weight is 320 g/mol. The van der Waals surface area contributed by atoms with E-state index in [1.54, 1.807) is 18.2 Å². The maximum absolute atomic E-state index is 11.4. The van der Waals surface area contributed by atoms with Gasteiger partial charge in [0.15, 0.2) is 0 Å². The van der Waals surface area contributed by atoms with Gasteiger partial charge in [0.1, 0.15) is 10.3 Å². The molecule has 0 aliphatic heterocycles. The number of hydrogen-bond donors (Lipinski definition) is 1. The number of hydrogen-bond acceptors (Lipinski definition) is 2. The van der Waals surface area contributed by atoms with E-state index < -0.39 is 0 Å². The summed E-state index contributed by atoms with van der Waals surface area (Å²) in [5.41, 5.74) is 0.247. The van der Waals surface area contributed by atoms with Crippen LogP contribution in [0.1, 0.15) is 0 Å². The molecule has 0 fully saturated rings. The van der Waals surface area contributed by atoms with Gasteiger partial charge in [0.2, 0.25) is 0 Å². The second-order valence-corrected chi connectivity index (χ2v) is 4.67. The predicted molar refractivity (Wildman–Crippen MR) is 68.0 cm³/mol. The lowest BCUT2D eigenvalue weighted by Crippen LogP contribution is -2.09. The number of aromatic nitrogens is 2. The zero-order valence-electron chi connectivity index (χ0n) is 7.80. The fourth-order valence-corrected chi connectivity index (χ4v) is 2.01. The van der Waals surface area contributed by atoms with E-state index in [2.05, 4.69) is 25.9 Å². The second kappa shape index (κ2) is 4.57. The summed E-state index contributed by atoms with van der Waals surface area (Å²) in [6, 6.07) is 5.10. The summed E-state index contributed by atoms with van der Waals surface area (Å²) in [7, 11) is 0. The Labute approximate surface area is 110 Å². The fraction of sp³-hybridized carbons (Fsp3) is 0. The summed E-state index contributed by atoms with van der Waals surface area (Å²) in [6.45, 7) is 0. The van der Waals surface area contributed by atoms with Crippen molar-refractivity contribution in [3.05, 3.63) is 49.3 Å². The molecule has 0 saturated carbocycles. The molecule has 1 heterocycles. The molecular weight excluding hydrogens is 315 g/mol. The predicted octanol–water partition coefficient (Wildman–Crippen LogP) is 3.51. The summed E-state index contributed by atoms with van der Waals surface area (Å²) in [5, 5.41) is 0.885. The van der Waals surface area contributed by atoms with Crippen molar-refractivity contribution < 1.29 is 0 Å². The van der Waals surface area contributed by atoms with E-state index in [9.17, 15) is 4.79 Å². The first-order chi connectivity index (χ1) is 7.59. The van der Waals surface area contributed by atoms with E-state index in [1.807, 2.05) is 0 Å². The van der Waals surface area contributed by atoms with Gasteiger partial charge in [-0.3, -0.25) is 4.79 Å². The second-order valence-electron chi connectivity index (χ2n) is 3.01. The number of nitrogens with zero attached hydrogens (tertiary/aromatic N) is 1. The highest BCUT2D eigenvalue weighted by Gasteiger charge is 2.10. The zero-order valence-corrected chi connectivity index (χ0v) is 10.9. The minimum atomic E-state index is -0.277. The first-order valence-electron chi connectivity index (χ1n) is 4.29. The van der Waals surface area contributed by atoms with E-state index >= 15 is 0 Å². The minimum Gasteiger partial charge on any atom is -0.305 e. The first kappa shape index (κ1) is 11.6. The van der Waals surface area contributed by atoms with Crippen LogP contribution in [0.15, 0.2) is 33.7 Å². The number of aromatic amines is 1. The van der Waals surface area contributed by atoms with Crippen LogP contribution in [-0.4, -0.2) is 9.97 Å². The molecule has 6 heteroatoms. The molecule has 1 aromatic heterocycles. The summed E-state index contributed by atoms with van der Waals surface area (Å²) in [6.07, 6.45) is 1.41. The third-order valence-corrected chi connectivity index (χ3v) is 3.15. The maximum Gasteiger partial charge on any atom is 0.265 e. The molecule has 1 N–H and O–H groups in total. The molecule has 2 rings (SSSR count). The maximum atomic E-state index is 11.4. The normalized spacial score (nSPS) is 10.4. The Morgan fingerprint density at radius 2 is 1.88 bits per heavy atom. The van der Waals surface area contributed by atoms with Crippen molar-refractivity contribution in [3.8, 4) is 11.4 Å². The SMILES string of the molecule is O=c1[nH]c(-c2c(Cl)cccc2Cl)ncc1Br. The Bertz CT molecular complexity index is 577. The lowest BCUT2D eigenvalue weighted by Gasteiger charge is -2.05. The lowest BCUT2D eigenvalue weighted by molar-refractivity contribution is 1.11. The van der Waals surface area contributed by atoms with E-state index in [1.165, 1.54) is 6.20 Å². The van der Waals surface area contributed by atoms with Crippen LogP contribution in [-0.2, 0) is 0 Å². The van der Waals surface area contributed by atoms with Crippen molar-refractivity contribution in [2.45, 2.75) is 0 Å². The highest BCUT2D eigenvalue weighted by Crippen LogP contribution is 2.31. The quantitative estimate of drug-likeness (QED) is 0.874. The summed E-state index contributed by atoms with van der Waals surface area (Å²) >= 11 is 15.1. The van der Waals surface area contributed by atoms with Crippen molar-refractivity contribution in [2.75, 3.05) is 0 Å². The van der Waals surface area contributed by atoms with Gasteiger partial charge in [0.25, 0.3) is 5.56 Å². The van der Waals surface area contributed by atoms with Crippen molar-refractivity contribution >= 4 is 39.1 Å². The minimum absolute atomic E-state index is 0.277. The number of H-pyrrole nitrogens is 1. The van der Waals surface area contributed by atoms with Gasteiger partial charge in [-0.15, -0.1) is 0 Å². The molecule has 0 unspecified atom stereocenters. The Kier molecular flexibility index (Phi) is 3.33. The topological polar surface area (TPSA) is 45.8 Å². The largest absolute Gasteiger partial charge is 0.305 e. The first-order valence-corrected chi connectivity index (χ1v) is 5.83. The molecule has 0 aliphatic rings. The summed E-state index contributed by atoms with van der Waals surface area (Å²) in [4.78, 5) is 18.1. The average Bonchev–Trinajstić information content (AvgIpc) is 2.23. The van der Waals surface area contributed by atoms with E-state index in [0.29, 0.717) is 25.9 Å². The van der Waals surface area contributed by atoms with Gasteiger partial charge in [-0.05, 0) is 28.1 Å². The molecule has 0 bridgehead atoms. The zero-order chi connectivity index (χ0) is 11.7. The Balaban J connectivity index is 2.68. The molecule has 0 atom stereocenters. The van der Waals surface area contributed by atoms with Crippen molar-refractivity contribution in [1.82, 2.24) is 9.97 Å². The molecule has 1 aromatic carbocycles. The molecule has 0 spiro atoms. The van der Waals surface area contributed by atoms with Gasteiger partial charge in [0.05, 0.1) is 15.6 Å². The smallest absolute Gasteiger partial charge is 0.265 e. The van der Waals surface area contributed by atoms with Gasteiger partial charge in [-0.25, -0.2) is 4.98 Å². The van der Waals surface area contributed by atoms with Crippen LogP contribution < -0.4 is 5.56 Å². The number of rotatable bonds is 1. The van der Waals surface area contributed by atoms with E-state index in [-0.39, 0.29) is 5.56 Å². The van der Waals surface area contributed by atoms with Crippen molar-refractivity contribution in [3.63, 3.8) is 0 Å². The standard InChI is InChI=1S/C10H5BrCl2N2O/c11-5-4-14-9(15-10(5)16)8-6(12)2-1-3-7(8)13/h1-4H,(H,14,15,16). The van der Waals surface area contributed by atoms with Gasteiger partial charge in [0, 0.05) is 6.20 Å². The molecule has 0 radical (unpaired) electrons. The van der Waals surface area contributed by atoms with Crippen molar-refractivity contribution in [1.29, 1.82) is 0 Å². The number of benzene rings is 1. The third-order valence-electron chi connectivity index (χ3n) is 1.96. The van der Waals surface area contributed by atoms with Gasteiger partial charge >= 0.3 is 0 Å². The molecule has 2 aromatic rings. The highest BCUT2D eigenvalue weighted by atomic mass is 79.9. The Morgan fingerprint density at radius 1 is 1.25 bits per heavy atom. The number of halogens is 3. The molecule has 82 valence electrons. The highest BCUT2D eigenvalue weighted by molar-refractivity contribution is 9.10. The molecular formula is C10H5BrCl2N2O. The van der Waals surface area contributed by atoms with Gasteiger partial charge in [-0.1, -0.05) is 29.3 Å². The Morgan fingerprint density at radius 3 is 2.44 bits per heavy atom. The number of nitrogens with one attached hydrogen (secondary N) is 1. The van der Waals surface area contributed by atoms with Crippen LogP contribution in [0.25, 0.3) is 11.4 Å². The molecule has 0 saturated heterocycles. The van der Waals surface area contributed by atoms with Crippen LogP contribution in [0, 0.1) is 0 Å². The molecule has 3 nitrogen and oxygen atoms in total. The van der Waals surface area contributed by atoms with Crippen LogP contribution >= 0.6 is 39.1 Å².